The van der Waals surface area contributed by atoms with Crippen molar-refractivity contribution >= 4 is 34.7 Å². The molecule has 1 aromatic carbocycles. The smallest absolute Gasteiger partial charge is 0.412 e. The number of benzene rings is 1. The first-order valence-electron chi connectivity index (χ1n) is 9.62. The number of aromatic amines is 1. The van der Waals surface area contributed by atoms with Crippen LogP contribution in [0.25, 0.3) is 10.9 Å². The molecule has 1 atom stereocenters. The largest absolute Gasteiger partial charge is 0.449 e. The van der Waals surface area contributed by atoms with Gasteiger partial charge in [-0.25, -0.2) is 14.6 Å². The summed E-state index contributed by atoms with van der Waals surface area (Å²) in [7, 11) is 0. The lowest BCUT2D eigenvalue weighted by molar-refractivity contribution is 0.118. The van der Waals surface area contributed by atoms with Crippen LogP contribution in [0.5, 0.6) is 0 Å². The molecule has 0 radical (unpaired) electrons. The number of anilines is 2. The number of aromatic nitrogens is 3. The average molecular weight is 410 g/mol. The number of nitrogens with one attached hydrogen (secondary N) is 4. The van der Waals surface area contributed by atoms with Crippen LogP contribution in [0.3, 0.4) is 0 Å². The van der Waals surface area contributed by atoms with E-state index < -0.39 is 6.09 Å². The molecule has 0 aliphatic carbocycles. The number of hydrogen-bond donors (Lipinski definition) is 4. The Bertz CT molecular complexity index is 1030. The second kappa shape index (κ2) is 8.81. The topological polar surface area (TPSA) is 121 Å². The molecule has 0 saturated heterocycles. The van der Waals surface area contributed by atoms with E-state index in [9.17, 15) is 9.59 Å². The lowest BCUT2D eigenvalue weighted by Crippen LogP contribution is -2.31. The van der Waals surface area contributed by atoms with E-state index in [2.05, 4.69) is 31.1 Å². The number of ether oxygens (including phenoxy) is 1. The fraction of sp³-hybridized carbons (Fsp3) is 0.333. The van der Waals surface area contributed by atoms with E-state index >= 15 is 0 Å². The van der Waals surface area contributed by atoms with Gasteiger partial charge in [-0.15, -0.1) is 0 Å². The second-order valence-corrected chi connectivity index (χ2v) is 8.18. The molecule has 30 heavy (non-hydrogen) atoms. The summed E-state index contributed by atoms with van der Waals surface area (Å²) in [5.41, 5.74) is 1.48. The number of H-pyrrole nitrogens is 1. The molecular weight excluding hydrogens is 384 g/mol. The van der Waals surface area contributed by atoms with Crippen LogP contribution >= 0.6 is 0 Å². The number of amides is 3. The van der Waals surface area contributed by atoms with Crippen LogP contribution in [0.1, 0.15) is 39.3 Å². The summed E-state index contributed by atoms with van der Waals surface area (Å²) in [5, 5.41) is 15.7. The highest BCUT2D eigenvalue weighted by Gasteiger charge is 2.16. The summed E-state index contributed by atoms with van der Waals surface area (Å²) < 4.78 is 5.19. The molecule has 9 heteroatoms. The van der Waals surface area contributed by atoms with Crippen molar-refractivity contribution in [3.8, 4) is 0 Å². The molecule has 2 aromatic heterocycles. The minimum atomic E-state index is -0.588. The van der Waals surface area contributed by atoms with Gasteiger partial charge in [-0.2, -0.15) is 5.10 Å². The second-order valence-electron chi connectivity index (χ2n) is 8.18. The number of rotatable bonds is 5. The first-order valence-corrected chi connectivity index (χ1v) is 9.62. The van der Waals surface area contributed by atoms with Gasteiger partial charge in [0.05, 0.1) is 23.6 Å². The van der Waals surface area contributed by atoms with Crippen molar-refractivity contribution in [2.24, 2.45) is 5.41 Å². The van der Waals surface area contributed by atoms with Gasteiger partial charge in [-0.1, -0.05) is 51.1 Å². The molecule has 4 N–H and O–H groups in total. The molecule has 0 aliphatic rings. The van der Waals surface area contributed by atoms with Gasteiger partial charge >= 0.3 is 12.1 Å². The third-order valence-electron chi connectivity index (χ3n) is 4.19. The van der Waals surface area contributed by atoms with Gasteiger partial charge < -0.3 is 10.1 Å². The zero-order valence-corrected chi connectivity index (χ0v) is 17.4. The van der Waals surface area contributed by atoms with Crippen LogP contribution in [-0.2, 0) is 4.74 Å². The van der Waals surface area contributed by atoms with E-state index in [0.29, 0.717) is 22.5 Å². The fourth-order valence-corrected chi connectivity index (χ4v) is 2.67. The molecule has 3 aromatic rings. The minimum Gasteiger partial charge on any atom is -0.449 e. The van der Waals surface area contributed by atoms with Gasteiger partial charge in [0.2, 0.25) is 0 Å². The van der Waals surface area contributed by atoms with Gasteiger partial charge in [-0.3, -0.25) is 15.7 Å². The SMILES string of the molecule is C[C@@H](NC(=O)Nc1cc2[nH]nc(NC(=O)OCC(C)(C)C)c2cn1)c1ccccc1. The van der Waals surface area contributed by atoms with Crippen LogP contribution in [0.15, 0.2) is 42.6 Å². The molecule has 9 nitrogen and oxygen atoms in total. The normalized spacial score (nSPS) is 12.3. The van der Waals surface area contributed by atoms with Crippen molar-refractivity contribution in [2.75, 3.05) is 17.2 Å². The minimum absolute atomic E-state index is 0.133. The Hall–Kier alpha value is -3.62. The number of carbonyl (C=O) groups is 2. The Kier molecular flexibility index (Phi) is 6.20. The molecule has 3 amide bonds. The lowest BCUT2D eigenvalue weighted by Gasteiger charge is -2.17. The fourth-order valence-electron chi connectivity index (χ4n) is 2.67. The molecule has 2 heterocycles. The van der Waals surface area contributed by atoms with Crippen LogP contribution < -0.4 is 16.0 Å². The first kappa shape index (κ1) is 21.1. The van der Waals surface area contributed by atoms with Crippen molar-refractivity contribution in [3.63, 3.8) is 0 Å². The van der Waals surface area contributed by atoms with E-state index in [1.165, 1.54) is 6.20 Å². The van der Waals surface area contributed by atoms with Crippen molar-refractivity contribution in [2.45, 2.75) is 33.7 Å². The van der Waals surface area contributed by atoms with Gasteiger partial charge in [0, 0.05) is 12.3 Å². The van der Waals surface area contributed by atoms with Crippen molar-refractivity contribution in [1.29, 1.82) is 0 Å². The van der Waals surface area contributed by atoms with E-state index in [0.717, 1.165) is 5.56 Å². The van der Waals surface area contributed by atoms with Crippen LogP contribution in [0.4, 0.5) is 21.2 Å². The lowest BCUT2D eigenvalue weighted by atomic mass is 9.99. The Morgan fingerprint density at radius 3 is 2.60 bits per heavy atom. The highest BCUT2D eigenvalue weighted by Crippen LogP contribution is 2.22. The monoisotopic (exact) mass is 410 g/mol. The van der Waals surface area contributed by atoms with Gasteiger partial charge in [0.25, 0.3) is 0 Å². The Balaban J connectivity index is 1.61. The first-order chi connectivity index (χ1) is 14.2. The van der Waals surface area contributed by atoms with Crippen LogP contribution in [0.2, 0.25) is 0 Å². The highest BCUT2D eigenvalue weighted by molar-refractivity contribution is 5.98. The average Bonchev–Trinajstić information content (AvgIpc) is 3.08. The Morgan fingerprint density at radius 2 is 1.90 bits per heavy atom. The quantitative estimate of drug-likeness (QED) is 0.496. The summed E-state index contributed by atoms with van der Waals surface area (Å²) in [6, 6.07) is 10.8. The molecule has 3 rings (SSSR count). The maximum Gasteiger partial charge on any atom is 0.412 e. The molecule has 0 fully saturated rings. The summed E-state index contributed by atoms with van der Waals surface area (Å²) in [5.74, 6) is 0.663. The van der Waals surface area contributed by atoms with Gasteiger partial charge in [0.15, 0.2) is 5.82 Å². The summed E-state index contributed by atoms with van der Waals surface area (Å²) in [4.78, 5) is 28.5. The third-order valence-corrected chi connectivity index (χ3v) is 4.19. The zero-order chi connectivity index (χ0) is 21.7. The van der Waals surface area contributed by atoms with Crippen molar-refractivity contribution in [1.82, 2.24) is 20.5 Å². The summed E-state index contributed by atoms with van der Waals surface area (Å²) in [6.07, 6.45) is 0.934. The van der Waals surface area contributed by atoms with Crippen molar-refractivity contribution in [3.05, 3.63) is 48.2 Å². The molecule has 0 bridgehead atoms. The number of fused-ring (bicyclic) bond motifs is 1. The Morgan fingerprint density at radius 1 is 1.17 bits per heavy atom. The predicted molar refractivity (Wildman–Crippen MR) is 115 cm³/mol. The van der Waals surface area contributed by atoms with Crippen molar-refractivity contribution < 1.29 is 14.3 Å². The number of pyridine rings is 1. The highest BCUT2D eigenvalue weighted by atomic mass is 16.5. The van der Waals surface area contributed by atoms with E-state index in [-0.39, 0.29) is 24.1 Å². The third kappa shape index (κ3) is 5.69. The molecular formula is C21H26N6O3. The number of urea groups is 1. The number of carbonyl (C=O) groups excluding carboxylic acids is 2. The van der Waals surface area contributed by atoms with Gasteiger partial charge in [-0.05, 0) is 17.9 Å². The molecule has 0 spiro atoms. The predicted octanol–water partition coefficient (Wildman–Crippen LogP) is 4.44. The maximum absolute atomic E-state index is 12.3. The molecule has 0 saturated carbocycles. The molecule has 0 unspecified atom stereocenters. The Labute approximate surface area is 174 Å². The van der Waals surface area contributed by atoms with E-state index in [1.807, 2.05) is 58.0 Å². The molecule has 158 valence electrons. The molecule has 0 aliphatic heterocycles. The van der Waals surface area contributed by atoms with E-state index in [4.69, 9.17) is 4.74 Å². The van der Waals surface area contributed by atoms with Crippen LogP contribution in [-0.4, -0.2) is 33.9 Å². The zero-order valence-electron chi connectivity index (χ0n) is 17.4. The summed E-state index contributed by atoms with van der Waals surface area (Å²) >= 11 is 0. The standard InChI is InChI=1S/C21H26N6O3/c1-13(14-8-6-5-7-9-14)23-19(28)24-17-10-16-15(11-22-17)18(27-26-16)25-20(29)30-12-21(2,3)4/h5-11,13H,12H2,1-4H3,(H2,22,23,24,28)(H2,25,26,27,29)/t13-/m1/s1. The maximum atomic E-state index is 12.3. The van der Waals surface area contributed by atoms with Crippen LogP contribution in [0, 0.1) is 5.41 Å². The number of nitrogens with zero attached hydrogens (tertiary/aromatic N) is 2. The van der Waals surface area contributed by atoms with E-state index in [1.54, 1.807) is 6.07 Å². The van der Waals surface area contributed by atoms with Gasteiger partial charge in [0.1, 0.15) is 5.82 Å². The summed E-state index contributed by atoms with van der Waals surface area (Å²) in [6.45, 7) is 8.10. The number of hydrogen-bond acceptors (Lipinski definition) is 5.